The minimum absolute atomic E-state index is 0.420. The van der Waals surface area contributed by atoms with Gasteiger partial charge in [0.25, 0.3) is 0 Å². The molecule has 102 valence electrons. The molecule has 1 aliphatic rings. The van der Waals surface area contributed by atoms with Crippen LogP contribution in [0.5, 0.6) is 0 Å². The zero-order valence-corrected chi connectivity index (χ0v) is 11.9. The molecule has 1 aromatic carbocycles. The Bertz CT molecular complexity index is 724. The third-order valence-corrected chi connectivity index (χ3v) is 4.72. The van der Waals surface area contributed by atoms with Crippen LogP contribution in [0.1, 0.15) is 31.0 Å². The second-order valence-electron chi connectivity index (χ2n) is 5.20. The monoisotopic (exact) mass is 284 g/mol. The zero-order valence-electron chi connectivity index (χ0n) is 11.1. The fourth-order valence-electron chi connectivity index (χ4n) is 2.88. The molecule has 1 unspecified atom stereocenters. The molecular weight excluding hydrogens is 268 g/mol. The van der Waals surface area contributed by atoms with Crippen molar-refractivity contribution in [3.8, 4) is 5.69 Å². The minimum Gasteiger partial charge on any atom is -0.309 e. The van der Waals surface area contributed by atoms with Crippen molar-refractivity contribution in [3.63, 3.8) is 0 Å². The average Bonchev–Trinajstić information content (AvgIpc) is 3.16. The normalized spacial score (nSPS) is 19.5. The van der Waals surface area contributed by atoms with Gasteiger partial charge in [-0.3, -0.25) is 0 Å². The number of rotatable bonds is 2. The van der Waals surface area contributed by atoms with Crippen LogP contribution in [0.25, 0.3) is 15.9 Å². The lowest BCUT2D eigenvalue weighted by Crippen LogP contribution is -2.28. The van der Waals surface area contributed by atoms with Crippen LogP contribution in [-0.4, -0.2) is 21.1 Å². The average molecular weight is 284 g/mol. The van der Waals surface area contributed by atoms with Crippen LogP contribution >= 0.6 is 11.3 Å². The Kier molecular flexibility index (Phi) is 3.01. The molecule has 0 amide bonds. The first-order chi connectivity index (χ1) is 9.92. The molecule has 1 atom stereocenters. The van der Waals surface area contributed by atoms with Crippen LogP contribution in [-0.2, 0) is 0 Å². The van der Waals surface area contributed by atoms with Gasteiger partial charge < -0.3 is 9.88 Å². The first kappa shape index (κ1) is 12.1. The molecule has 0 radical (unpaired) electrons. The highest BCUT2D eigenvalue weighted by Crippen LogP contribution is 2.27. The SMILES string of the molecule is c1nc2ccc(-n3cncc3C3CCCCN3)cc2s1. The molecule has 3 aromatic rings. The number of fused-ring (bicyclic) bond motifs is 1. The molecule has 4 nitrogen and oxygen atoms in total. The third-order valence-electron chi connectivity index (χ3n) is 3.93. The van der Waals surface area contributed by atoms with Crippen LogP contribution in [0.15, 0.2) is 36.2 Å². The summed E-state index contributed by atoms with van der Waals surface area (Å²) in [5, 5.41) is 3.59. The molecule has 1 N–H and O–H groups in total. The highest BCUT2D eigenvalue weighted by Gasteiger charge is 2.19. The van der Waals surface area contributed by atoms with Gasteiger partial charge in [-0.1, -0.05) is 6.42 Å². The summed E-state index contributed by atoms with van der Waals surface area (Å²) in [6, 6.07) is 6.82. The van der Waals surface area contributed by atoms with Gasteiger partial charge in [0.2, 0.25) is 0 Å². The van der Waals surface area contributed by atoms with Crippen molar-refractivity contribution in [2.75, 3.05) is 6.54 Å². The molecule has 2 aromatic heterocycles. The van der Waals surface area contributed by atoms with Crippen molar-refractivity contribution in [1.29, 1.82) is 0 Å². The Morgan fingerprint density at radius 3 is 3.20 bits per heavy atom. The lowest BCUT2D eigenvalue weighted by Gasteiger charge is -2.24. The van der Waals surface area contributed by atoms with Crippen LogP contribution in [0.4, 0.5) is 0 Å². The van der Waals surface area contributed by atoms with E-state index in [1.807, 2.05) is 18.0 Å². The number of hydrogen-bond donors (Lipinski definition) is 1. The van der Waals surface area contributed by atoms with Crippen LogP contribution < -0.4 is 5.32 Å². The van der Waals surface area contributed by atoms with E-state index in [9.17, 15) is 0 Å². The van der Waals surface area contributed by atoms with E-state index < -0.39 is 0 Å². The number of nitrogens with one attached hydrogen (secondary N) is 1. The number of hydrogen-bond acceptors (Lipinski definition) is 4. The van der Waals surface area contributed by atoms with E-state index in [2.05, 4.69) is 38.1 Å². The summed E-state index contributed by atoms with van der Waals surface area (Å²) in [6.07, 6.45) is 7.65. The van der Waals surface area contributed by atoms with E-state index in [0.717, 1.165) is 12.1 Å². The quantitative estimate of drug-likeness (QED) is 0.785. The number of aromatic nitrogens is 3. The molecule has 0 spiro atoms. The first-order valence-corrected chi connectivity index (χ1v) is 7.89. The van der Waals surface area contributed by atoms with Gasteiger partial charge in [0.15, 0.2) is 0 Å². The highest BCUT2D eigenvalue weighted by atomic mass is 32.1. The summed E-state index contributed by atoms with van der Waals surface area (Å²) in [5.74, 6) is 0. The Hall–Kier alpha value is -1.72. The van der Waals surface area contributed by atoms with E-state index in [-0.39, 0.29) is 0 Å². The summed E-state index contributed by atoms with van der Waals surface area (Å²) >= 11 is 1.68. The topological polar surface area (TPSA) is 42.7 Å². The maximum atomic E-state index is 4.35. The Morgan fingerprint density at radius 1 is 1.30 bits per heavy atom. The second kappa shape index (κ2) is 5.00. The lowest BCUT2D eigenvalue weighted by atomic mass is 10.0. The smallest absolute Gasteiger partial charge is 0.0994 e. The van der Waals surface area contributed by atoms with Crippen LogP contribution in [0.3, 0.4) is 0 Å². The van der Waals surface area contributed by atoms with Crippen molar-refractivity contribution >= 4 is 21.6 Å². The number of nitrogens with zero attached hydrogens (tertiary/aromatic N) is 3. The standard InChI is InChI=1S/C15H16N4S/c1-2-6-17-12(3-1)14-8-16-9-19(14)11-4-5-13-15(7-11)20-10-18-13/h4-5,7-10,12,17H,1-3,6H2. The van der Waals surface area contributed by atoms with Crippen LogP contribution in [0.2, 0.25) is 0 Å². The van der Waals surface area contributed by atoms with E-state index >= 15 is 0 Å². The molecule has 4 rings (SSSR count). The number of benzene rings is 1. The Balaban J connectivity index is 1.75. The summed E-state index contributed by atoms with van der Waals surface area (Å²) in [6.45, 7) is 1.10. The predicted molar refractivity (Wildman–Crippen MR) is 81.3 cm³/mol. The number of thiazole rings is 1. The fourth-order valence-corrected chi connectivity index (χ4v) is 3.59. The highest BCUT2D eigenvalue weighted by molar-refractivity contribution is 7.16. The van der Waals surface area contributed by atoms with Gasteiger partial charge in [0, 0.05) is 11.7 Å². The van der Waals surface area contributed by atoms with Gasteiger partial charge in [-0.25, -0.2) is 9.97 Å². The number of imidazole rings is 1. The molecular formula is C15H16N4S. The maximum Gasteiger partial charge on any atom is 0.0994 e. The van der Waals surface area contributed by atoms with Crippen molar-refractivity contribution < 1.29 is 0 Å². The zero-order chi connectivity index (χ0) is 13.4. The molecule has 1 fully saturated rings. The third kappa shape index (κ3) is 2.03. The Morgan fingerprint density at radius 2 is 2.30 bits per heavy atom. The largest absolute Gasteiger partial charge is 0.309 e. The molecule has 20 heavy (non-hydrogen) atoms. The van der Waals surface area contributed by atoms with Crippen molar-refractivity contribution in [2.45, 2.75) is 25.3 Å². The lowest BCUT2D eigenvalue weighted by molar-refractivity contribution is 0.402. The van der Waals surface area contributed by atoms with Gasteiger partial charge in [-0.2, -0.15) is 0 Å². The van der Waals surface area contributed by atoms with E-state index in [4.69, 9.17) is 0 Å². The molecule has 1 saturated heterocycles. The number of piperidine rings is 1. The Labute approximate surface area is 121 Å². The molecule has 0 bridgehead atoms. The summed E-state index contributed by atoms with van der Waals surface area (Å²) in [7, 11) is 0. The van der Waals surface area contributed by atoms with Crippen molar-refractivity contribution in [3.05, 3.63) is 41.9 Å². The second-order valence-corrected chi connectivity index (χ2v) is 6.08. The molecule has 3 heterocycles. The first-order valence-electron chi connectivity index (χ1n) is 7.01. The van der Waals surface area contributed by atoms with Crippen molar-refractivity contribution in [1.82, 2.24) is 19.9 Å². The van der Waals surface area contributed by atoms with Crippen LogP contribution in [0, 0.1) is 0 Å². The molecule has 0 aliphatic carbocycles. The predicted octanol–water partition coefficient (Wildman–Crippen LogP) is 3.30. The molecule has 1 aliphatic heterocycles. The summed E-state index contributed by atoms with van der Waals surface area (Å²) in [5.41, 5.74) is 5.39. The van der Waals surface area contributed by atoms with E-state index in [1.54, 1.807) is 11.3 Å². The molecule has 5 heteroatoms. The minimum atomic E-state index is 0.420. The fraction of sp³-hybridized carbons (Fsp3) is 0.333. The maximum absolute atomic E-state index is 4.35. The summed E-state index contributed by atoms with van der Waals surface area (Å²) in [4.78, 5) is 8.69. The van der Waals surface area contributed by atoms with Gasteiger partial charge >= 0.3 is 0 Å². The summed E-state index contributed by atoms with van der Waals surface area (Å²) < 4.78 is 3.42. The van der Waals surface area contributed by atoms with Gasteiger partial charge in [0.1, 0.15) is 0 Å². The van der Waals surface area contributed by atoms with E-state index in [1.165, 1.54) is 35.3 Å². The van der Waals surface area contributed by atoms with Gasteiger partial charge in [-0.05, 0) is 37.6 Å². The van der Waals surface area contributed by atoms with Crippen molar-refractivity contribution in [2.24, 2.45) is 0 Å². The molecule has 0 saturated carbocycles. The van der Waals surface area contributed by atoms with Gasteiger partial charge in [-0.15, -0.1) is 11.3 Å². The van der Waals surface area contributed by atoms with Gasteiger partial charge in [0.05, 0.1) is 33.9 Å². The van der Waals surface area contributed by atoms with E-state index in [0.29, 0.717) is 6.04 Å².